The Hall–Kier alpha value is -1.51. The van der Waals surface area contributed by atoms with Gasteiger partial charge in [-0.15, -0.1) is 0 Å². The van der Waals surface area contributed by atoms with Gasteiger partial charge in [0.15, 0.2) is 6.61 Å². The van der Waals surface area contributed by atoms with E-state index in [1.165, 1.54) is 57.6 Å². The fraction of sp³-hybridized carbons (Fsp3) is 0.650. The summed E-state index contributed by atoms with van der Waals surface area (Å²) in [5, 5.41) is 0. The normalized spacial score (nSPS) is 16.8. The van der Waals surface area contributed by atoms with E-state index in [1.54, 1.807) is 0 Å². The summed E-state index contributed by atoms with van der Waals surface area (Å²) in [6.07, 6.45) is 10.6. The first-order valence-electron chi connectivity index (χ1n) is 8.96. The molecule has 1 aliphatic carbocycles. The van der Waals surface area contributed by atoms with E-state index in [2.05, 4.69) is 17.7 Å². The Morgan fingerprint density at radius 2 is 1.96 bits per heavy atom. The molecule has 1 fully saturated rings. The van der Waals surface area contributed by atoms with E-state index in [9.17, 15) is 4.79 Å². The number of esters is 1. The third-order valence-corrected chi connectivity index (χ3v) is 4.91. The Balaban J connectivity index is 1.80. The van der Waals surface area contributed by atoms with Crippen molar-refractivity contribution >= 4 is 5.97 Å². The summed E-state index contributed by atoms with van der Waals surface area (Å²) in [7, 11) is 1.38. The van der Waals surface area contributed by atoms with Crippen LogP contribution >= 0.6 is 0 Å². The summed E-state index contributed by atoms with van der Waals surface area (Å²) in [4.78, 5) is 11.2. The average molecular weight is 318 g/mol. The van der Waals surface area contributed by atoms with E-state index in [1.807, 2.05) is 18.2 Å². The molecule has 2 rings (SSSR count). The van der Waals surface area contributed by atoms with Crippen LogP contribution in [-0.2, 0) is 16.0 Å². The van der Waals surface area contributed by atoms with Crippen molar-refractivity contribution < 1.29 is 14.3 Å². The number of hydrogen-bond acceptors (Lipinski definition) is 3. The van der Waals surface area contributed by atoms with Crippen LogP contribution in [0.25, 0.3) is 0 Å². The molecule has 1 aliphatic rings. The summed E-state index contributed by atoms with van der Waals surface area (Å²) in [6.45, 7) is 2.34. The number of carbonyl (C=O) groups is 1. The van der Waals surface area contributed by atoms with Gasteiger partial charge in [-0.1, -0.05) is 57.2 Å². The molecule has 0 saturated heterocycles. The van der Waals surface area contributed by atoms with Crippen LogP contribution in [0.15, 0.2) is 24.3 Å². The van der Waals surface area contributed by atoms with Gasteiger partial charge in [-0.3, -0.25) is 0 Å². The maximum atomic E-state index is 11.2. The van der Waals surface area contributed by atoms with Crippen LogP contribution in [0.1, 0.15) is 57.4 Å². The molecule has 23 heavy (non-hydrogen) atoms. The molecule has 0 radical (unpaired) electrons. The van der Waals surface area contributed by atoms with E-state index < -0.39 is 0 Å². The fourth-order valence-electron chi connectivity index (χ4n) is 3.56. The molecule has 0 aliphatic heterocycles. The second-order valence-electron chi connectivity index (χ2n) is 6.86. The molecule has 1 saturated carbocycles. The van der Waals surface area contributed by atoms with E-state index in [-0.39, 0.29) is 12.6 Å². The zero-order valence-corrected chi connectivity index (χ0v) is 14.6. The Bertz CT molecular complexity index is 478. The van der Waals surface area contributed by atoms with Gasteiger partial charge in [0.1, 0.15) is 5.75 Å². The van der Waals surface area contributed by atoms with Gasteiger partial charge in [0.05, 0.1) is 7.11 Å². The van der Waals surface area contributed by atoms with Crippen molar-refractivity contribution in [2.24, 2.45) is 11.8 Å². The van der Waals surface area contributed by atoms with Crippen molar-refractivity contribution in [1.29, 1.82) is 0 Å². The van der Waals surface area contributed by atoms with Gasteiger partial charge in [-0.25, -0.2) is 4.79 Å². The number of rotatable bonds is 8. The zero-order chi connectivity index (χ0) is 16.5. The number of benzene rings is 1. The van der Waals surface area contributed by atoms with Crippen molar-refractivity contribution in [3.8, 4) is 5.75 Å². The van der Waals surface area contributed by atoms with Crippen LogP contribution in [0.4, 0.5) is 0 Å². The van der Waals surface area contributed by atoms with Gasteiger partial charge < -0.3 is 9.47 Å². The maximum absolute atomic E-state index is 11.2. The summed E-state index contributed by atoms with van der Waals surface area (Å²) >= 11 is 0. The van der Waals surface area contributed by atoms with Gasteiger partial charge in [0.25, 0.3) is 0 Å². The third-order valence-electron chi connectivity index (χ3n) is 4.91. The fourth-order valence-corrected chi connectivity index (χ4v) is 3.56. The number of ether oxygens (including phenoxy) is 2. The number of aryl methyl sites for hydroxylation is 1. The van der Waals surface area contributed by atoms with E-state index in [4.69, 9.17) is 4.74 Å². The minimum Gasteiger partial charge on any atom is -0.482 e. The summed E-state index contributed by atoms with van der Waals surface area (Å²) in [5.74, 6) is 2.14. The second-order valence-corrected chi connectivity index (χ2v) is 6.86. The van der Waals surface area contributed by atoms with Gasteiger partial charge in [-0.05, 0) is 42.7 Å². The van der Waals surface area contributed by atoms with Crippen molar-refractivity contribution in [2.45, 2.75) is 58.3 Å². The molecule has 0 spiro atoms. The van der Waals surface area contributed by atoms with Crippen molar-refractivity contribution in [2.75, 3.05) is 13.7 Å². The summed E-state index contributed by atoms with van der Waals surface area (Å²) < 4.78 is 10.2. The highest BCUT2D eigenvalue weighted by Gasteiger charge is 2.17. The summed E-state index contributed by atoms with van der Waals surface area (Å²) in [5.41, 5.74) is 1.19. The zero-order valence-electron chi connectivity index (χ0n) is 14.6. The predicted molar refractivity (Wildman–Crippen MR) is 92.6 cm³/mol. The molecule has 0 N–H and O–H groups in total. The Labute approximate surface area is 140 Å². The maximum Gasteiger partial charge on any atom is 0.343 e. The van der Waals surface area contributed by atoms with Crippen LogP contribution < -0.4 is 4.74 Å². The minimum atomic E-state index is -0.342. The lowest BCUT2D eigenvalue weighted by atomic mass is 9.82. The van der Waals surface area contributed by atoms with Crippen LogP contribution in [-0.4, -0.2) is 19.7 Å². The van der Waals surface area contributed by atoms with Crippen LogP contribution in [0.5, 0.6) is 5.75 Å². The Morgan fingerprint density at radius 3 is 2.70 bits per heavy atom. The molecule has 128 valence electrons. The predicted octanol–water partition coefficient (Wildman–Crippen LogP) is 4.78. The van der Waals surface area contributed by atoms with E-state index in [0.29, 0.717) is 0 Å². The van der Waals surface area contributed by atoms with Crippen LogP contribution in [0.2, 0.25) is 0 Å². The molecule has 1 unspecified atom stereocenters. The van der Waals surface area contributed by atoms with Gasteiger partial charge in [0.2, 0.25) is 0 Å². The molecular weight excluding hydrogens is 288 g/mol. The Morgan fingerprint density at radius 1 is 1.22 bits per heavy atom. The monoisotopic (exact) mass is 318 g/mol. The molecular formula is C20H30O3. The van der Waals surface area contributed by atoms with E-state index >= 15 is 0 Å². The van der Waals surface area contributed by atoms with Crippen molar-refractivity contribution in [3.05, 3.63) is 29.8 Å². The van der Waals surface area contributed by atoms with Gasteiger partial charge in [0, 0.05) is 0 Å². The topological polar surface area (TPSA) is 35.5 Å². The molecule has 0 aromatic heterocycles. The van der Waals surface area contributed by atoms with E-state index in [0.717, 1.165) is 24.0 Å². The van der Waals surface area contributed by atoms with Crippen LogP contribution in [0, 0.1) is 11.8 Å². The number of methoxy groups -OCH3 is 1. The Kier molecular flexibility index (Phi) is 7.44. The first-order valence-corrected chi connectivity index (χ1v) is 8.96. The quantitative estimate of drug-likeness (QED) is 0.647. The highest BCUT2D eigenvalue weighted by atomic mass is 16.6. The molecule has 0 heterocycles. The highest BCUT2D eigenvalue weighted by molar-refractivity contribution is 5.70. The minimum absolute atomic E-state index is 0.0227. The van der Waals surface area contributed by atoms with Crippen molar-refractivity contribution in [1.82, 2.24) is 0 Å². The lowest BCUT2D eigenvalue weighted by Crippen LogP contribution is -2.14. The lowest BCUT2D eigenvalue weighted by molar-refractivity contribution is -0.142. The second kappa shape index (κ2) is 9.59. The number of carbonyl (C=O) groups excluding carboxylic acids is 1. The third kappa shape index (κ3) is 6.25. The molecule has 1 aromatic carbocycles. The smallest absolute Gasteiger partial charge is 0.343 e. The largest absolute Gasteiger partial charge is 0.482 e. The lowest BCUT2D eigenvalue weighted by Gasteiger charge is -2.24. The first kappa shape index (κ1) is 17.8. The first-order chi connectivity index (χ1) is 11.2. The standard InChI is InChI=1S/C20H30O3/c1-16(14-17-8-4-3-5-9-17)12-13-18-10-6-7-11-19(18)23-15-20(21)22-2/h6-7,10-11,16-17H,3-5,8-9,12-15H2,1-2H3. The van der Waals surface area contributed by atoms with Crippen molar-refractivity contribution in [3.63, 3.8) is 0 Å². The number of hydrogen-bond donors (Lipinski definition) is 0. The molecule has 3 nitrogen and oxygen atoms in total. The molecule has 0 bridgehead atoms. The highest BCUT2D eigenvalue weighted by Crippen LogP contribution is 2.31. The summed E-state index contributed by atoms with van der Waals surface area (Å²) in [6, 6.07) is 8.01. The average Bonchev–Trinajstić information content (AvgIpc) is 2.59. The molecule has 1 aromatic rings. The van der Waals surface area contributed by atoms with Gasteiger partial charge >= 0.3 is 5.97 Å². The molecule has 3 heteroatoms. The molecule has 1 atom stereocenters. The van der Waals surface area contributed by atoms with Gasteiger partial charge in [-0.2, -0.15) is 0 Å². The molecule has 0 amide bonds. The number of para-hydroxylation sites is 1. The SMILES string of the molecule is COC(=O)COc1ccccc1CCC(C)CC1CCCCC1. The van der Waals surface area contributed by atoms with Crippen LogP contribution in [0.3, 0.4) is 0 Å².